The van der Waals surface area contributed by atoms with E-state index < -0.39 is 10.0 Å². The average Bonchev–Trinajstić information content (AvgIpc) is 2.84. The molecule has 2 rings (SSSR count). The Balaban J connectivity index is 2.15. The molecular formula is C10H14N2O2S3. The molecule has 0 saturated heterocycles. The summed E-state index contributed by atoms with van der Waals surface area (Å²) in [6.07, 6.45) is 4.03. The molecule has 1 aromatic rings. The van der Waals surface area contributed by atoms with E-state index in [0.29, 0.717) is 4.88 Å². The van der Waals surface area contributed by atoms with Crippen molar-refractivity contribution in [1.29, 1.82) is 0 Å². The van der Waals surface area contributed by atoms with Crippen LogP contribution in [0.3, 0.4) is 0 Å². The Bertz CT molecular complexity index is 515. The number of nitrogens with one attached hydrogen (secondary N) is 1. The van der Waals surface area contributed by atoms with E-state index in [1.54, 1.807) is 12.1 Å². The molecule has 94 valence electrons. The molecule has 17 heavy (non-hydrogen) atoms. The molecule has 1 fully saturated rings. The molecule has 0 amide bonds. The summed E-state index contributed by atoms with van der Waals surface area (Å²) in [4.78, 5) is 0.865. The third-order valence-electron chi connectivity index (χ3n) is 2.77. The van der Waals surface area contributed by atoms with Gasteiger partial charge in [-0.15, -0.1) is 11.3 Å². The number of thiocarbonyl (C=S) groups is 1. The smallest absolute Gasteiger partial charge is 0.250 e. The summed E-state index contributed by atoms with van der Waals surface area (Å²) in [7, 11) is -3.40. The van der Waals surface area contributed by atoms with Gasteiger partial charge in [-0.3, -0.25) is 0 Å². The number of nitrogens with two attached hydrogens (primary N) is 1. The first-order valence-electron chi connectivity index (χ1n) is 5.41. The van der Waals surface area contributed by atoms with Crippen molar-refractivity contribution in [1.82, 2.24) is 4.72 Å². The van der Waals surface area contributed by atoms with Gasteiger partial charge in [-0.25, -0.2) is 13.1 Å². The van der Waals surface area contributed by atoms with Gasteiger partial charge in [0.25, 0.3) is 0 Å². The summed E-state index contributed by atoms with van der Waals surface area (Å²) < 4.78 is 27.1. The third-order valence-corrected chi connectivity index (χ3v) is 6.25. The quantitative estimate of drug-likeness (QED) is 0.826. The molecule has 0 unspecified atom stereocenters. The fraction of sp³-hybridized carbons (Fsp3) is 0.500. The molecular weight excluding hydrogens is 276 g/mol. The molecule has 1 aliphatic rings. The Kier molecular flexibility index (Phi) is 3.82. The Morgan fingerprint density at radius 1 is 1.41 bits per heavy atom. The Morgan fingerprint density at radius 2 is 2.06 bits per heavy atom. The second-order valence-electron chi connectivity index (χ2n) is 4.09. The van der Waals surface area contributed by atoms with E-state index in [4.69, 9.17) is 18.0 Å². The van der Waals surface area contributed by atoms with Crippen molar-refractivity contribution in [3.05, 3.63) is 17.0 Å². The molecule has 1 aliphatic carbocycles. The molecule has 4 nitrogen and oxygen atoms in total. The van der Waals surface area contributed by atoms with Crippen molar-refractivity contribution in [2.24, 2.45) is 5.73 Å². The lowest BCUT2D eigenvalue weighted by Crippen LogP contribution is -2.32. The van der Waals surface area contributed by atoms with Crippen LogP contribution in [0, 0.1) is 0 Å². The predicted molar refractivity (Wildman–Crippen MR) is 72.8 cm³/mol. The van der Waals surface area contributed by atoms with Gasteiger partial charge in [0.15, 0.2) is 0 Å². The second-order valence-corrected chi connectivity index (χ2v) is 7.55. The van der Waals surface area contributed by atoms with E-state index >= 15 is 0 Å². The zero-order valence-corrected chi connectivity index (χ0v) is 11.6. The second kappa shape index (κ2) is 5.01. The number of hydrogen-bond acceptors (Lipinski definition) is 4. The fourth-order valence-corrected chi connectivity index (χ4v) is 4.59. The van der Waals surface area contributed by atoms with Crippen molar-refractivity contribution in [2.45, 2.75) is 35.9 Å². The van der Waals surface area contributed by atoms with Crippen molar-refractivity contribution >= 4 is 38.6 Å². The Morgan fingerprint density at radius 3 is 2.59 bits per heavy atom. The van der Waals surface area contributed by atoms with Crippen LogP contribution in [0.25, 0.3) is 0 Å². The third kappa shape index (κ3) is 3.04. The molecule has 1 aromatic heterocycles. The first kappa shape index (κ1) is 12.9. The first-order valence-corrected chi connectivity index (χ1v) is 8.12. The van der Waals surface area contributed by atoms with Crippen LogP contribution in [0.4, 0.5) is 0 Å². The highest BCUT2D eigenvalue weighted by Crippen LogP contribution is 2.24. The van der Waals surface area contributed by atoms with Crippen molar-refractivity contribution in [3.63, 3.8) is 0 Å². The maximum absolute atomic E-state index is 12.0. The Labute approximate surface area is 110 Å². The van der Waals surface area contributed by atoms with Crippen LogP contribution in [0.15, 0.2) is 16.3 Å². The molecule has 0 bridgehead atoms. The first-order chi connectivity index (χ1) is 7.99. The van der Waals surface area contributed by atoms with Crippen LogP contribution in [0.5, 0.6) is 0 Å². The molecule has 1 saturated carbocycles. The van der Waals surface area contributed by atoms with Gasteiger partial charge in [0.05, 0.1) is 4.88 Å². The molecule has 0 aromatic carbocycles. The molecule has 0 spiro atoms. The molecule has 0 radical (unpaired) electrons. The van der Waals surface area contributed by atoms with Crippen LogP contribution in [-0.4, -0.2) is 19.4 Å². The summed E-state index contributed by atoms with van der Waals surface area (Å²) in [5.74, 6) is 0. The van der Waals surface area contributed by atoms with Gasteiger partial charge < -0.3 is 5.73 Å². The average molecular weight is 290 g/mol. The lowest BCUT2D eigenvalue weighted by atomic mass is 10.3. The molecule has 0 aliphatic heterocycles. The normalized spacial score (nSPS) is 17.4. The van der Waals surface area contributed by atoms with Gasteiger partial charge in [-0.2, -0.15) is 0 Å². The lowest BCUT2D eigenvalue weighted by Gasteiger charge is -2.10. The predicted octanol–water partition coefficient (Wildman–Crippen LogP) is 1.60. The topological polar surface area (TPSA) is 72.2 Å². The molecule has 7 heteroatoms. The number of thiophene rings is 1. The van der Waals surface area contributed by atoms with Gasteiger partial charge in [0.1, 0.15) is 9.20 Å². The summed E-state index contributed by atoms with van der Waals surface area (Å²) in [6.45, 7) is 0. The van der Waals surface area contributed by atoms with Crippen LogP contribution in [0.2, 0.25) is 0 Å². The molecule has 1 heterocycles. The molecule has 0 atom stereocenters. The van der Waals surface area contributed by atoms with E-state index in [1.807, 2.05) is 0 Å². The van der Waals surface area contributed by atoms with Crippen LogP contribution in [0.1, 0.15) is 30.6 Å². The van der Waals surface area contributed by atoms with Gasteiger partial charge in [-0.05, 0) is 25.0 Å². The monoisotopic (exact) mass is 290 g/mol. The van der Waals surface area contributed by atoms with E-state index in [0.717, 1.165) is 37.0 Å². The van der Waals surface area contributed by atoms with E-state index in [9.17, 15) is 8.42 Å². The van der Waals surface area contributed by atoms with E-state index in [2.05, 4.69) is 4.72 Å². The highest BCUT2D eigenvalue weighted by atomic mass is 32.2. The van der Waals surface area contributed by atoms with Crippen molar-refractivity contribution < 1.29 is 8.42 Å². The zero-order chi connectivity index (χ0) is 12.5. The minimum atomic E-state index is -3.40. The zero-order valence-electron chi connectivity index (χ0n) is 9.18. The minimum Gasteiger partial charge on any atom is -0.389 e. The fourth-order valence-electron chi connectivity index (χ4n) is 1.92. The maximum atomic E-state index is 12.0. The maximum Gasteiger partial charge on any atom is 0.250 e. The summed E-state index contributed by atoms with van der Waals surface area (Å²) in [5.41, 5.74) is 5.46. The number of sulfonamides is 1. The summed E-state index contributed by atoms with van der Waals surface area (Å²) in [5, 5.41) is 0. The SMILES string of the molecule is NC(=S)c1ccc(S(=O)(=O)NC2CCCC2)s1. The summed E-state index contributed by atoms with van der Waals surface area (Å²) >= 11 is 5.93. The van der Waals surface area contributed by atoms with Gasteiger partial charge in [0, 0.05) is 6.04 Å². The van der Waals surface area contributed by atoms with Gasteiger partial charge in [0.2, 0.25) is 10.0 Å². The number of rotatable bonds is 4. The number of hydrogen-bond donors (Lipinski definition) is 2. The standard InChI is InChI=1S/C10H14N2O2S3/c11-10(15)8-5-6-9(16-8)17(13,14)12-7-3-1-2-4-7/h5-7,12H,1-4H2,(H2,11,15). The van der Waals surface area contributed by atoms with E-state index in [1.165, 1.54) is 0 Å². The highest BCUT2D eigenvalue weighted by molar-refractivity contribution is 7.91. The highest BCUT2D eigenvalue weighted by Gasteiger charge is 2.24. The minimum absolute atomic E-state index is 0.0791. The molecule has 3 N–H and O–H groups in total. The van der Waals surface area contributed by atoms with Crippen molar-refractivity contribution in [3.8, 4) is 0 Å². The van der Waals surface area contributed by atoms with Gasteiger partial charge >= 0.3 is 0 Å². The van der Waals surface area contributed by atoms with Crippen LogP contribution < -0.4 is 10.5 Å². The summed E-state index contributed by atoms with van der Waals surface area (Å²) in [6, 6.07) is 3.28. The van der Waals surface area contributed by atoms with Crippen LogP contribution in [-0.2, 0) is 10.0 Å². The van der Waals surface area contributed by atoms with E-state index in [-0.39, 0.29) is 15.2 Å². The lowest BCUT2D eigenvalue weighted by molar-refractivity contribution is 0.554. The van der Waals surface area contributed by atoms with Crippen LogP contribution >= 0.6 is 23.6 Å². The van der Waals surface area contributed by atoms with Crippen molar-refractivity contribution in [2.75, 3.05) is 0 Å². The Hall–Kier alpha value is -0.500. The van der Waals surface area contributed by atoms with Gasteiger partial charge in [-0.1, -0.05) is 25.1 Å². The largest absolute Gasteiger partial charge is 0.389 e.